The third-order valence-corrected chi connectivity index (χ3v) is 6.35. The number of nitrogens with zero attached hydrogens (tertiary/aromatic N) is 1. The molecule has 4 atom stereocenters. The second-order valence-corrected chi connectivity index (χ2v) is 8.27. The second-order valence-electron chi connectivity index (χ2n) is 8.27. The Hall–Kier alpha value is -3.19. The highest BCUT2D eigenvalue weighted by atomic mass is 16.2. The van der Waals surface area contributed by atoms with Crippen LogP contribution in [0.2, 0.25) is 0 Å². The summed E-state index contributed by atoms with van der Waals surface area (Å²) in [7, 11) is 1.70. The average Bonchev–Trinajstić information content (AvgIpc) is 3.19. The smallest absolute Gasteiger partial charge is 0.250 e. The number of hydrogen-bond acceptors (Lipinski definition) is 4. The molecule has 2 aliphatic heterocycles. The Labute approximate surface area is 182 Å². The van der Waals surface area contributed by atoms with E-state index in [1.54, 1.807) is 18.9 Å². The van der Waals surface area contributed by atoms with Gasteiger partial charge in [0, 0.05) is 18.9 Å². The Morgan fingerprint density at radius 3 is 2.58 bits per heavy atom. The molecule has 4 rings (SSSR count). The number of anilines is 1. The van der Waals surface area contributed by atoms with Gasteiger partial charge in [0.1, 0.15) is 12.1 Å². The number of carbonyl (C=O) groups is 3. The average molecular weight is 421 g/mol. The molecule has 0 aromatic heterocycles. The maximum Gasteiger partial charge on any atom is 0.250 e. The Kier molecular flexibility index (Phi) is 5.78. The van der Waals surface area contributed by atoms with Crippen molar-refractivity contribution >= 4 is 23.4 Å². The lowest BCUT2D eigenvalue weighted by molar-refractivity contribution is -0.130. The van der Waals surface area contributed by atoms with Crippen molar-refractivity contribution in [3.63, 3.8) is 0 Å². The summed E-state index contributed by atoms with van der Waals surface area (Å²) in [6.45, 7) is 4.09. The van der Waals surface area contributed by atoms with E-state index in [4.69, 9.17) is 0 Å². The summed E-state index contributed by atoms with van der Waals surface area (Å²) in [6.07, 6.45) is 0.468. The fourth-order valence-corrected chi connectivity index (χ4v) is 4.41. The molecular weight excluding hydrogens is 392 g/mol. The van der Waals surface area contributed by atoms with Crippen LogP contribution in [0.4, 0.5) is 5.69 Å². The van der Waals surface area contributed by atoms with Crippen molar-refractivity contribution in [2.75, 3.05) is 11.9 Å². The maximum atomic E-state index is 13.5. The lowest BCUT2D eigenvalue weighted by Gasteiger charge is -2.38. The van der Waals surface area contributed by atoms with Crippen molar-refractivity contribution in [2.24, 2.45) is 0 Å². The van der Waals surface area contributed by atoms with Gasteiger partial charge in [-0.3, -0.25) is 19.3 Å². The number of hydrogen-bond donors (Lipinski definition) is 3. The summed E-state index contributed by atoms with van der Waals surface area (Å²) in [5, 5.41) is 8.76. The summed E-state index contributed by atoms with van der Waals surface area (Å²) in [4.78, 5) is 40.7. The SMILES string of the molecule is CNC(C)C(=O)NC1C(=O)N2c3c(cccc3C1C)CC2C(=O)NCc1ccccc1. The molecule has 7 nitrogen and oxygen atoms in total. The van der Waals surface area contributed by atoms with E-state index in [1.807, 2.05) is 55.5 Å². The molecule has 2 aliphatic rings. The standard InChI is InChI=1S/C24H28N4O3/c1-14-18-11-7-10-17-12-19(23(30)26-13-16-8-5-4-6-9-16)28(21(17)18)24(31)20(14)27-22(29)15(2)25-3/h4-11,14-15,19-20,25H,12-13H2,1-3H3,(H,26,30)(H,27,29). The molecule has 0 saturated carbocycles. The maximum absolute atomic E-state index is 13.5. The third kappa shape index (κ3) is 3.81. The number of carbonyl (C=O) groups excluding carboxylic acids is 3. The minimum absolute atomic E-state index is 0.183. The molecule has 7 heteroatoms. The molecule has 162 valence electrons. The van der Waals surface area contributed by atoms with Gasteiger partial charge in [-0.2, -0.15) is 0 Å². The van der Waals surface area contributed by atoms with Gasteiger partial charge in [-0.25, -0.2) is 0 Å². The highest BCUT2D eigenvalue weighted by Gasteiger charge is 2.48. The van der Waals surface area contributed by atoms with Crippen LogP contribution in [0.5, 0.6) is 0 Å². The number of nitrogens with one attached hydrogen (secondary N) is 3. The van der Waals surface area contributed by atoms with Crippen LogP contribution >= 0.6 is 0 Å². The van der Waals surface area contributed by atoms with E-state index in [1.165, 1.54) is 0 Å². The summed E-state index contributed by atoms with van der Waals surface area (Å²) in [5.74, 6) is -0.849. The monoisotopic (exact) mass is 420 g/mol. The second kappa shape index (κ2) is 8.51. The first-order valence-corrected chi connectivity index (χ1v) is 10.7. The van der Waals surface area contributed by atoms with E-state index >= 15 is 0 Å². The molecule has 0 radical (unpaired) electrons. The Bertz CT molecular complexity index is 1010. The molecule has 0 aliphatic carbocycles. The van der Waals surface area contributed by atoms with Gasteiger partial charge in [-0.05, 0) is 30.7 Å². The fourth-order valence-electron chi connectivity index (χ4n) is 4.41. The quantitative estimate of drug-likeness (QED) is 0.660. The highest BCUT2D eigenvalue weighted by Crippen LogP contribution is 2.44. The van der Waals surface area contributed by atoms with Gasteiger partial charge in [0.25, 0.3) is 5.91 Å². The van der Waals surface area contributed by atoms with Gasteiger partial charge in [-0.15, -0.1) is 0 Å². The minimum atomic E-state index is -0.714. The fraction of sp³-hybridized carbons (Fsp3) is 0.375. The van der Waals surface area contributed by atoms with Gasteiger partial charge >= 0.3 is 0 Å². The summed E-state index contributed by atoms with van der Waals surface area (Å²) in [6, 6.07) is 13.8. The van der Waals surface area contributed by atoms with Crippen molar-refractivity contribution in [1.82, 2.24) is 16.0 Å². The molecule has 0 saturated heterocycles. The van der Waals surface area contributed by atoms with Crippen molar-refractivity contribution in [3.05, 3.63) is 65.2 Å². The highest BCUT2D eigenvalue weighted by molar-refractivity contribution is 6.09. The molecule has 2 aromatic rings. The Balaban J connectivity index is 1.60. The normalized spacial score (nSPS) is 22.6. The number of rotatable bonds is 6. The van der Waals surface area contributed by atoms with Crippen LogP contribution in [0.15, 0.2) is 48.5 Å². The summed E-state index contributed by atoms with van der Waals surface area (Å²) < 4.78 is 0. The van der Waals surface area contributed by atoms with Gasteiger partial charge in [0.15, 0.2) is 0 Å². The van der Waals surface area contributed by atoms with Crippen molar-refractivity contribution < 1.29 is 14.4 Å². The molecule has 3 N–H and O–H groups in total. The molecule has 4 unspecified atom stereocenters. The van der Waals surface area contributed by atoms with Crippen LogP contribution in [-0.2, 0) is 27.3 Å². The van der Waals surface area contributed by atoms with Crippen LogP contribution in [0.3, 0.4) is 0 Å². The zero-order valence-corrected chi connectivity index (χ0v) is 18.0. The minimum Gasteiger partial charge on any atom is -0.350 e. The lowest BCUT2D eigenvalue weighted by atomic mass is 9.86. The molecule has 31 heavy (non-hydrogen) atoms. The van der Waals surface area contributed by atoms with Crippen molar-refractivity contribution in [3.8, 4) is 0 Å². The zero-order valence-electron chi connectivity index (χ0n) is 18.0. The van der Waals surface area contributed by atoms with E-state index in [9.17, 15) is 14.4 Å². The van der Waals surface area contributed by atoms with Crippen LogP contribution in [0, 0.1) is 0 Å². The van der Waals surface area contributed by atoms with Crippen LogP contribution in [0.25, 0.3) is 0 Å². The molecule has 3 amide bonds. The molecule has 0 bridgehead atoms. The number of likely N-dealkylation sites (N-methyl/N-ethyl adjacent to an activating group) is 1. The van der Waals surface area contributed by atoms with E-state index < -0.39 is 18.1 Å². The van der Waals surface area contributed by atoms with E-state index in [0.717, 1.165) is 22.4 Å². The van der Waals surface area contributed by atoms with Crippen LogP contribution in [-0.4, -0.2) is 42.9 Å². The van der Waals surface area contributed by atoms with Crippen LogP contribution in [0.1, 0.15) is 36.5 Å². The van der Waals surface area contributed by atoms with E-state index in [-0.39, 0.29) is 23.6 Å². The Morgan fingerprint density at radius 2 is 1.87 bits per heavy atom. The van der Waals surface area contributed by atoms with Crippen molar-refractivity contribution in [2.45, 2.75) is 50.9 Å². The third-order valence-electron chi connectivity index (χ3n) is 6.35. The van der Waals surface area contributed by atoms with Crippen LogP contribution < -0.4 is 20.9 Å². The van der Waals surface area contributed by atoms with E-state index in [2.05, 4.69) is 16.0 Å². The number of benzene rings is 2. The zero-order chi connectivity index (χ0) is 22.1. The largest absolute Gasteiger partial charge is 0.350 e. The molecule has 2 aromatic carbocycles. The van der Waals surface area contributed by atoms with Gasteiger partial charge in [-0.1, -0.05) is 55.5 Å². The van der Waals surface area contributed by atoms with Gasteiger partial charge in [0.05, 0.1) is 11.7 Å². The molecule has 0 spiro atoms. The van der Waals surface area contributed by atoms with E-state index in [0.29, 0.717) is 13.0 Å². The predicted molar refractivity (Wildman–Crippen MR) is 119 cm³/mol. The molecule has 0 fully saturated rings. The topological polar surface area (TPSA) is 90.5 Å². The van der Waals surface area contributed by atoms with Gasteiger partial charge < -0.3 is 16.0 Å². The molecule has 2 heterocycles. The summed E-state index contributed by atoms with van der Waals surface area (Å²) >= 11 is 0. The predicted octanol–water partition coefficient (Wildman–Crippen LogP) is 1.47. The van der Waals surface area contributed by atoms with Gasteiger partial charge in [0.2, 0.25) is 11.8 Å². The first-order chi connectivity index (χ1) is 14.9. The first kappa shape index (κ1) is 21.1. The number of amides is 3. The summed E-state index contributed by atoms with van der Waals surface area (Å²) in [5.41, 5.74) is 3.80. The Morgan fingerprint density at radius 1 is 1.13 bits per heavy atom. The first-order valence-electron chi connectivity index (χ1n) is 10.7. The lowest BCUT2D eigenvalue weighted by Crippen LogP contribution is -2.60. The number of para-hydroxylation sites is 1. The van der Waals surface area contributed by atoms with Crippen molar-refractivity contribution in [1.29, 1.82) is 0 Å². The molecular formula is C24H28N4O3.